The zero-order valence-corrected chi connectivity index (χ0v) is 13.6. The molecule has 1 aliphatic heterocycles. The molecule has 1 N–H and O–H groups in total. The minimum absolute atomic E-state index is 0.0129. The fourth-order valence-corrected chi connectivity index (χ4v) is 2.70. The van der Waals surface area contributed by atoms with Crippen LogP contribution in [0, 0.1) is 0 Å². The Morgan fingerprint density at radius 1 is 1.29 bits per heavy atom. The van der Waals surface area contributed by atoms with Gasteiger partial charge in [0.2, 0.25) is 0 Å². The Labute approximate surface area is 141 Å². The Kier molecular flexibility index (Phi) is 5.28. The van der Waals surface area contributed by atoms with Crippen molar-refractivity contribution >= 4 is 5.91 Å². The molecule has 3 rings (SSSR count). The van der Waals surface area contributed by atoms with Gasteiger partial charge in [0, 0.05) is 31.4 Å². The molecule has 0 radical (unpaired) electrons. The van der Waals surface area contributed by atoms with E-state index in [1.54, 1.807) is 43.8 Å². The number of ether oxygens (including phenoxy) is 2. The molecule has 6 heteroatoms. The molecule has 1 aliphatic rings. The molecule has 24 heavy (non-hydrogen) atoms. The second kappa shape index (κ2) is 7.79. The fraction of sp³-hybridized carbons (Fsp3) is 0.333. The Morgan fingerprint density at radius 3 is 2.83 bits per heavy atom. The van der Waals surface area contributed by atoms with E-state index < -0.39 is 0 Å². The van der Waals surface area contributed by atoms with Crippen LogP contribution in [0.25, 0.3) is 0 Å². The highest BCUT2D eigenvalue weighted by Gasteiger charge is 2.28. The quantitative estimate of drug-likeness (QED) is 0.903. The van der Waals surface area contributed by atoms with Crippen molar-refractivity contribution in [1.82, 2.24) is 15.2 Å². The van der Waals surface area contributed by atoms with E-state index in [9.17, 15) is 4.79 Å². The minimum atomic E-state index is -0.0199. The molecule has 1 aromatic heterocycles. The summed E-state index contributed by atoms with van der Waals surface area (Å²) in [6.45, 7) is 2.58. The number of carbonyl (C=O) groups excluding carboxylic acids is 1. The number of methoxy groups -OCH3 is 1. The lowest BCUT2D eigenvalue weighted by Crippen LogP contribution is -2.55. The van der Waals surface area contributed by atoms with Gasteiger partial charge in [-0.25, -0.2) is 0 Å². The lowest BCUT2D eigenvalue weighted by Gasteiger charge is -2.36. The summed E-state index contributed by atoms with van der Waals surface area (Å²) in [5.74, 6) is 1.46. The summed E-state index contributed by atoms with van der Waals surface area (Å²) >= 11 is 0. The van der Waals surface area contributed by atoms with Gasteiger partial charge in [0.25, 0.3) is 5.91 Å². The second-order valence-corrected chi connectivity index (χ2v) is 5.58. The van der Waals surface area contributed by atoms with Crippen LogP contribution in [0.15, 0.2) is 48.8 Å². The maximum Gasteiger partial charge on any atom is 0.254 e. The van der Waals surface area contributed by atoms with Crippen LogP contribution in [-0.4, -0.2) is 55.2 Å². The molecule has 0 aliphatic carbocycles. The van der Waals surface area contributed by atoms with Gasteiger partial charge in [-0.05, 0) is 36.4 Å². The standard InChI is InChI=1S/C18H21N3O3/c1-23-16-6-4-14(5-7-16)18(22)21-10-9-20-11-15(21)13-24-17-3-2-8-19-12-17/h2-8,12,15,20H,9-11,13H2,1H3. The summed E-state index contributed by atoms with van der Waals surface area (Å²) in [4.78, 5) is 18.7. The van der Waals surface area contributed by atoms with E-state index in [0.717, 1.165) is 12.3 Å². The first-order chi connectivity index (χ1) is 11.8. The molecule has 0 saturated carbocycles. The number of nitrogens with zero attached hydrogens (tertiary/aromatic N) is 2. The molecule has 1 aromatic carbocycles. The molecular weight excluding hydrogens is 306 g/mol. The third-order valence-electron chi connectivity index (χ3n) is 4.02. The Morgan fingerprint density at radius 2 is 2.12 bits per heavy atom. The number of hydrogen-bond donors (Lipinski definition) is 1. The average Bonchev–Trinajstić information content (AvgIpc) is 2.67. The van der Waals surface area contributed by atoms with E-state index >= 15 is 0 Å². The molecule has 2 heterocycles. The monoisotopic (exact) mass is 327 g/mol. The number of benzene rings is 1. The van der Waals surface area contributed by atoms with Gasteiger partial charge in [0.05, 0.1) is 19.3 Å². The van der Waals surface area contributed by atoms with Gasteiger partial charge in [-0.15, -0.1) is 0 Å². The summed E-state index contributed by atoms with van der Waals surface area (Å²) in [7, 11) is 1.61. The first kappa shape index (κ1) is 16.3. The zero-order valence-electron chi connectivity index (χ0n) is 13.6. The molecule has 1 saturated heterocycles. The van der Waals surface area contributed by atoms with Crippen LogP contribution in [-0.2, 0) is 0 Å². The summed E-state index contributed by atoms with van der Waals surface area (Å²) in [5.41, 5.74) is 0.657. The SMILES string of the molecule is COc1ccc(C(=O)N2CCNCC2COc2cccnc2)cc1. The van der Waals surface area contributed by atoms with Crippen molar-refractivity contribution in [1.29, 1.82) is 0 Å². The van der Waals surface area contributed by atoms with Crippen molar-refractivity contribution in [2.45, 2.75) is 6.04 Å². The van der Waals surface area contributed by atoms with Crippen molar-refractivity contribution in [3.05, 3.63) is 54.4 Å². The van der Waals surface area contributed by atoms with Crippen LogP contribution >= 0.6 is 0 Å². The third-order valence-corrected chi connectivity index (χ3v) is 4.02. The maximum absolute atomic E-state index is 12.8. The second-order valence-electron chi connectivity index (χ2n) is 5.58. The molecule has 2 aromatic rings. The van der Waals surface area contributed by atoms with Crippen LogP contribution in [0.2, 0.25) is 0 Å². The van der Waals surface area contributed by atoms with Gasteiger partial charge in [-0.3, -0.25) is 9.78 Å². The molecule has 1 atom stereocenters. The molecular formula is C18H21N3O3. The lowest BCUT2D eigenvalue weighted by molar-refractivity contribution is 0.0559. The smallest absolute Gasteiger partial charge is 0.254 e. The van der Waals surface area contributed by atoms with Crippen molar-refractivity contribution < 1.29 is 14.3 Å². The maximum atomic E-state index is 12.8. The molecule has 126 valence electrons. The number of carbonyl (C=O) groups is 1. The van der Waals surface area contributed by atoms with Gasteiger partial charge < -0.3 is 19.7 Å². The first-order valence-electron chi connectivity index (χ1n) is 7.96. The zero-order chi connectivity index (χ0) is 16.8. The molecule has 0 spiro atoms. The molecule has 0 bridgehead atoms. The summed E-state index contributed by atoms with van der Waals surface area (Å²) in [6.07, 6.45) is 3.38. The number of piperazine rings is 1. The molecule has 1 fully saturated rings. The predicted octanol–water partition coefficient (Wildman–Crippen LogP) is 1.58. The van der Waals surface area contributed by atoms with E-state index in [-0.39, 0.29) is 11.9 Å². The van der Waals surface area contributed by atoms with Crippen LogP contribution in [0.3, 0.4) is 0 Å². The highest BCUT2D eigenvalue weighted by Crippen LogP contribution is 2.16. The fourth-order valence-electron chi connectivity index (χ4n) is 2.70. The minimum Gasteiger partial charge on any atom is -0.497 e. The first-order valence-corrected chi connectivity index (χ1v) is 7.96. The number of pyridine rings is 1. The van der Waals surface area contributed by atoms with Gasteiger partial charge >= 0.3 is 0 Å². The van der Waals surface area contributed by atoms with Crippen LogP contribution in [0.5, 0.6) is 11.5 Å². The van der Waals surface area contributed by atoms with E-state index in [4.69, 9.17) is 9.47 Å². The number of hydrogen-bond acceptors (Lipinski definition) is 5. The van der Waals surface area contributed by atoms with E-state index in [0.29, 0.717) is 31.0 Å². The topological polar surface area (TPSA) is 63.7 Å². The van der Waals surface area contributed by atoms with Gasteiger partial charge in [-0.1, -0.05) is 0 Å². The summed E-state index contributed by atoms with van der Waals surface area (Å²) < 4.78 is 10.9. The highest BCUT2D eigenvalue weighted by atomic mass is 16.5. The van der Waals surface area contributed by atoms with E-state index in [2.05, 4.69) is 10.3 Å². The number of aromatic nitrogens is 1. The third kappa shape index (κ3) is 3.83. The van der Waals surface area contributed by atoms with Crippen LogP contribution in [0.1, 0.15) is 10.4 Å². The molecule has 1 amide bonds. The lowest BCUT2D eigenvalue weighted by atomic mass is 10.1. The molecule has 1 unspecified atom stereocenters. The number of rotatable bonds is 5. The van der Waals surface area contributed by atoms with Crippen molar-refractivity contribution in [2.24, 2.45) is 0 Å². The number of amides is 1. The average molecular weight is 327 g/mol. The predicted molar refractivity (Wildman–Crippen MR) is 90.4 cm³/mol. The van der Waals surface area contributed by atoms with Crippen LogP contribution < -0.4 is 14.8 Å². The number of nitrogens with one attached hydrogen (secondary N) is 1. The Hall–Kier alpha value is -2.60. The van der Waals surface area contributed by atoms with Crippen molar-refractivity contribution in [3.63, 3.8) is 0 Å². The Bertz CT molecular complexity index is 661. The van der Waals surface area contributed by atoms with Gasteiger partial charge in [0.15, 0.2) is 0 Å². The summed E-state index contributed by atoms with van der Waals surface area (Å²) in [5, 5.41) is 3.32. The Balaban J connectivity index is 1.67. The van der Waals surface area contributed by atoms with Crippen LogP contribution in [0.4, 0.5) is 0 Å². The van der Waals surface area contributed by atoms with Gasteiger partial charge in [-0.2, -0.15) is 0 Å². The van der Waals surface area contributed by atoms with E-state index in [1.807, 2.05) is 17.0 Å². The van der Waals surface area contributed by atoms with E-state index in [1.165, 1.54) is 0 Å². The normalized spacial score (nSPS) is 17.4. The largest absolute Gasteiger partial charge is 0.497 e. The highest BCUT2D eigenvalue weighted by molar-refractivity contribution is 5.94. The van der Waals surface area contributed by atoms with Crippen molar-refractivity contribution in [2.75, 3.05) is 33.4 Å². The van der Waals surface area contributed by atoms with Gasteiger partial charge in [0.1, 0.15) is 18.1 Å². The molecule has 6 nitrogen and oxygen atoms in total. The van der Waals surface area contributed by atoms with Crippen molar-refractivity contribution in [3.8, 4) is 11.5 Å². The summed E-state index contributed by atoms with van der Waals surface area (Å²) in [6, 6.07) is 10.9.